The van der Waals surface area contributed by atoms with E-state index >= 15 is 0 Å². The van der Waals surface area contributed by atoms with Crippen molar-refractivity contribution in [2.24, 2.45) is 5.92 Å². The fourth-order valence-electron chi connectivity index (χ4n) is 2.95. The maximum absolute atomic E-state index is 12.2. The zero-order chi connectivity index (χ0) is 16.1. The molecule has 1 aliphatic rings. The molecule has 0 unspecified atom stereocenters. The number of aromatic nitrogens is 1. The molecule has 1 fully saturated rings. The van der Waals surface area contributed by atoms with Gasteiger partial charge in [0.05, 0.1) is 0 Å². The highest BCUT2D eigenvalue weighted by Crippen LogP contribution is 2.26. The molecule has 3 rings (SSSR count). The van der Waals surface area contributed by atoms with E-state index in [4.69, 9.17) is 0 Å². The Morgan fingerprint density at radius 3 is 2.88 bits per heavy atom. The highest BCUT2D eigenvalue weighted by atomic mass is 35.5. The lowest BCUT2D eigenvalue weighted by Crippen LogP contribution is -2.28. The van der Waals surface area contributed by atoms with Gasteiger partial charge in [0.1, 0.15) is 5.01 Å². The van der Waals surface area contributed by atoms with E-state index in [1.165, 1.54) is 12.8 Å². The number of benzene rings is 1. The zero-order valence-electron chi connectivity index (χ0n) is 13.9. The Morgan fingerprint density at radius 1 is 1.38 bits per heavy atom. The molecule has 0 saturated carbocycles. The number of halogens is 1. The van der Waals surface area contributed by atoms with Crippen LogP contribution in [0.3, 0.4) is 0 Å². The SMILES string of the molecule is Cc1csc(-c2cccc(NC(=O)CCC3CCNCC3)c2)n1.Cl. The molecule has 2 aromatic rings. The molecular formula is C18H24ClN3OS. The van der Waals surface area contributed by atoms with Crippen molar-refractivity contribution in [3.8, 4) is 10.6 Å². The maximum atomic E-state index is 12.2. The Hall–Kier alpha value is -1.43. The minimum Gasteiger partial charge on any atom is -0.326 e. The summed E-state index contributed by atoms with van der Waals surface area (Å²) in [5, 5.41) is 9.42. The van der Waals surface area contributed by atoms with Crippen LogP contribution >= 0.6 is 23.7 Å². The molecule has 1 aromatic heterocycles. The van der Waals surface area contributed by atoms with E-state index in [9.17, 15) is 4.79 Å². The molecule has 130 valence electrons. The number of nitrogens with zero attached hydrogens (tertiary/aromatic N) is 1. The van der Waals surface area contributed by atoms with E-state index in [1.54, 1.807) is 11.3 Å². The van der Waals surface area contributed by atoms with Crippen LogP contribution in [0, 0.1) is 12.8 Å². The van der Waals surface area contributed by atoms with E-state index in [1.807, 2.05) is 36.6 Å². The lowest BCUT2D eigenvalue weighted by atomic mass is 9.93. The molecule has 1 saturated heterocycles. The third-order valence-electron chi connectivity index (χ3n) is 4.25. The summed E-state index contributed by atoms with van der Waals surface area (Å²) >= 11 is 1.63. The van der Waals surface area contributed by atoms with Crippen LogP contribution in [0.4, 0.5) is 5.69 Å². The molecule has 1 aliphatic heterocycles. The van der Waals surface area contributed by atoms with Gasteiger partial charge in [0.25, 0.3) is 0 Å². The lowest BCUT2D eigenvalue weighted by Gasteiger charge is -2.22. The topological polar surface area (TPSA) is 54.0 Å². The van der Waals surface area contributed by atoms with Crippen molar-refractivity contribution >= 4 is 35.3 Å². The molecule has 0 radical (unpaired) electrons. The Labute approximate surface area is 153 Å². The van der Waals surface area contributed by atoms with Gasteiger partial charge in [0.15, 0.2) is 0 Å². The third-order valence-corrected chi connectivity index (χ3v) is 5.26. The predicted octanol–water partition coefficient (Wildman–Crippen LogP) is 4.26. The highest BCUT2D eigenvalue weighted by Gasteiger charge is 2.14. The second-order valence-electron chi connectivity index (χ2n) is 6.16. The molecule has 0 atom stereocenters. The molecule has 24 heavy (non-hydrogen) atoms. The van der Waals surface area contributed by atoms with Crippen molar-refractivity contribution in [1.29, 1.82) is 0 Å². The number of thiazole rings is 1. The quantitative estimate of drug-likeness (QED) is 0.832. The fourth-order valence-corrected chi connectivity index (χ4v) is 3.74. The van der Waals surface area contributed by atoms with Gasteiger partial charge in [-0.1, -0.05) is 12.1 Å². The van der Waals surface area contributed by atoms with Gasteiger partial charge >= 0.3 is 0 Å². The maximum Gasteiger partial charge on any atom is 0.224 e. The predicted molar refractivity (Wildman–Crippen MR) is 103 cm³/mol. The van der Waals surface area contributed by atoms with Gasteiger partial charge in [0, 0.05) is 28.7 Å². The second-order valence-corrected chi connectivity index (χ2v) is 7.01. The van der Waals surface area contributed by atoms with Crippen LogP contribution in [0.2, 0.25) is 0 Å². The second kappa shape index (κ2) is 9.16. The minimum atomic E-state index is 0. The summed E-state index contributed by atoms with van der Waals surface area (Å²) in [4.78, 5) is 16.7. The van der Waals surface area contributed by atoms with Crippen LogP contribution in [-0.2, 0) is 4.79 Å². The number of amides is 1. The molecule has 0 aliphatic carbocycles. The average Bonchev–Trinajstić information content (AvgIpc) is 3.01. The first-order chi connectivity index (χ1) is 11.2. The molecular weight excluding hydrogens is 342 g/mol. The number of anilines is 1. The first-order valence-corrected chi connectivity index (χ1v) is 9.12. The molecule has 2 heterocycles. The normalized spacial score (nSPS) is 14.9. The van der Waals surface area contributed by atoms with Crippen molar-refractivity contribution in [2.75, 3.05) is 18.4 Å². The molecule has 0 bridgehead atoms. The van der Waals surface area contributed by atoms with Crippen molar-refractivity contribution in [3.05, 3.63) is 35.3 Å². The number of rotatable bonds is 5. The van der Waals surface area contributed by atoms with Gasteiger partial charge in [0.2, 0.25) is 5.91 Å². The summed E-state index contributed by atoms with van der Waals surface area (Å²) in [6, 6.07) is 7.94. The summed E-state index contributed by atoms with van der Waals surface area (Å²) in [6.45, 7) is 4.16. The largest absolute Gasteiger partial charge is 0.326 e. The summed E-state index contributed by atoms with van der Waals surface area (Å²) in [6.07, 6.45) is 3.96. The van der Waals surface area contributed by atoms with Crippen LogP contribution in [0.5, 0.6) is 0 Å². The van der Waals surface area contributed by atoms with E-state index in [0.29, 0.717) is 12.3 Å². The summed E-state index contributed by atoms with van der Waals surface area (Å²) in [7, 11) is 0. The number of aryl methyl sites for hydroxylation is 1. The Morgan fingerprint density at radius 2 is 2.17 bits per heavy atom. The zero-order valence-corrected chi connectivity index (χ0v) is 15.5. The van der Waals surface area contributed by atoms with Gasteiger partial charge in [-0.3, -0.25) is 4.79 Å². The monoisotopic (exact) mass is 365 g/mol. The van der Waals surface area contributed by atoms with Gasteiger partial charge in [-0.05, 0) is 57.3 Å². The lowest BCUT2D eigenvalue weighted by molar-refractivity contribution is -0.116. The van der Waals surface area contributed by atoms with Gasteiger partial charge in [-0.2, -0.15) is 0 Å². The number of hydrogen-bond acceptors (Lipinski definition) is 4. The Bertz CT molecular complexity index is 668. The minimum absolute atomic E-state index is 0. The average molecular weight is 366 g/mol. The van der Waals surface area contributed by atoms with Crippen molar-refractivity contribution in [3.63, 3.8) is 0 Å². The highest BCUT2D eigenvalue weighted by molar-refractivity contribution is 7.13. The van der Waals surface area contributed by atoms with Gasteiger partial charge in [-0.15, -0.1) is 23.7 Å². The van der Waals surface area contributed by atoms with Crippen molar-refractivity contribution < 1.29 is 4.79 Å². The Balaban J connectivity index is 0.00000208. The molecule has 1 amide bonds. The summed E-state index contributed by atoms with van der Waals surface area (Å²) < 4.78 is 0. The molecule has 4 nitrogen and oxygen atoms in total. The first-order valence-electron chi connectivity index (χ1n) is 8.24. The number of nitrogens with one attached hydrogen (secondary N) is 2. The van der Waals surface area contributed by atoms with Gasteiger partial charge < -0.3 is 10.6 Å². The fraction of sp³-hybridized carbons (Fsp3) is 0.444. The van der Waals surface area contributed by atoms with Crippen LogP contribution in [0.15, 0.2) is 29.6 Å². The van der Waals surface area contributed by atoms with E-state index in [-0.39, 0.29) is 18.3 Å². The standard InChI is InChI=1S/C18H23N3OS.ClH/c1-13-12-23-18(20-13)15-3-2-4-16(11-15)21-17(22)6-5-14-7-9-19-10-8-14;/h2-4,11-12,14,19H,5-10H2,1H3,(H,21,22);1H. The van der Waals surface area contributed by atoms with Gasteiger partial charge in [-0.25, -0.2) is 4.98 Å². The van der Waals surface area contributed by atoms with Crippen molar-refractivity contribution in [2.45, 2.75) is 32.6 Å². The molecule has 2 N–H and O–H groups in total. The number of hydrogen-bond donors (Lipinski definition) is 2. The molecule has 6 heteroatoms. The first kappa shape index (κ1) is 18.9. The summed E-state index contributed by atoms with van der Waals surface area (Å²) in [5.41, 5.74) is 2.94. The van der Waals surface area contributed by atoms with Crippen molar-refractivity contribution in [1.82, 2.24) is 10.3 Å². The van der Waals surface area contributed by atoms with Crippen LogP contribution in [0.25, 0.3) is 10.6 Å². The molecule has 1 aromatic carbocycles. The van der Waals surface area contributed by atoms with Crippen LogP contribution in [-0.4, -0.2) is 24.0 Å². The summed E-state index contributed by atoms with van der Waals surface area (Å²) in [5.74, 6) is 0.794. The Kier molecular flexibility index (Phi) is 7.21. The van der Waals surface area contributed by atoms with E-state index < -0.39 is 0 Å². The van der Waals surface area contributed by atoms with Crippen LogP contribution < -0.4 is 10.6 Å². The number of piperidine rings is 1. The number of carbonyl (C=O) groups is 1. The number of carbonyl (C=O) groups excluding carboxylic acids is 1. The van der Waals surface area contributed by atoms with Crippen LogP contribution in [0.1, 0.15) is 31.4 Å². The van der Waals surface area contributed by atoms with E-state index in [2.05, 4.69) is 15.6 Å². The smallest absolute Gasteiger partial charge is 0.224 e. The molecule has 0 spiro atoms. The third kappa shape index (κ3) is 5.30. The van der Waals surface area contributed by atoms with E-state index in [0.717, 1.165) is 41.5 Å².